The van der Waals surface area contributed by atoms with Crippen LogP contribution in [-0.4, -0.2) is 63.9 Å². The van der Waals surface area contributed by atoms with Crippen molar-refractivity contribution in [2.24, 2.45) is 0 Å². The number of likely N-dealkylation sites (N-methyl/N-ethyl adjacent to an activating group) is 1. The van der Waals surface area contributed by atoms with Gasteiger partial charge in [0.05, 0.1) is 33.7 Å². The molecule has 10 heteroatoms. The number of anilines is 1. The summed E-state index contributed by atoms with van der Waals surface area (Å²) in [7, 11) is 2.10. The Morgan fingerprint density at radius 3 is 2.69 bits per heavy atom. The summed E-state index contributed by atoms with van der Waals surface area (Å²) in [6.07, 6.45) is 3.29. The summed E-state index contributed by atoms with van der Waals surface area (Å²) < 4.78 is 1.68. The molecule has 0 bridgehead atoms. The van der Waals surface area contributed by atoms with E-state index in [9.17, 15) is 14.9 Å². The second kappa shape index (κ2) is 8.11. The van der Waals surface area contributed by atoms with Gasteiger partial charge in [-0.1, -0.05) is 6.07 Å². The number of nitrogens with zero attached hydrogens (tertiary/aromatic N) is 6. The molecule has 0 spiro atoms. The van der Waals surface area contributed by atoms with E-state index in [1.807, 2.05) is 18.2 Å². The Hall–Kier alpha value is -3.68. The zero-order valence-corrected chi connectivity index (χ0v) is 18.1. The second-order valence-corrected chi connectivity index (χ2v) is 8.67. The fourth-order valence-electron chi connectivity index (χ4n) is 3.82. The van der Waals surface area contributed by atoms with E-state index in [1.165, 1.54) is 0 Å². The summed E-state index contributed by atoms with van der Waals surface area (Å²) >= 11 is 0.850. The topological polar surface area (TPSA) is 107 Å². The number of carbonyl (C=O) groups excluding carboxylic acids is 2. The molecule has 2 aliphatic heterocycles. The van der Waals surface area contributed by atoms with E-state index < -0.39 is 11.1 Å². The van der Waals surface area contributed by atoms with Crippen LogP contribution in [0.15, 0.2) is 41.4 Å². The molecule has 5 rings (SSSR count). The number of piperazine rings is 1. The lowest BCUT2D eigenvalue weighted by molar-refractivity contribution is -0.115. The molecular formula is C22H19N7O2S. The van der Waals surface area contributed by atoms with E-state index in [2.05, 4.69) is 38.3 Å². The van der Waals surface area contributed by atoms with Gasteiger partial charge < -0.3 is 9.80 Å². The maximum Gasteiger partial charge on any atom is 0.290 e. The molecule has 0 atom stereocenters. The second-order valence-electron chi connectivity index (χ2n) is 7.66. The molecule has 2 saturated heterocycles. The van der Waals surface area contributed by atoms with Gasteiger partial charge in [-0.2, -0.15) is 10.4 Å². The number of benzene rings is 1. The van der Waals surface area contributed by atoms with Crippen molar-refractivity contribution in [2.75, 3.05) is 38.1 Å². The molecule has 1 N–H and O–H groups in total. The molecule has 0 saturated carbocycles. The third-order valence-corrected chi connectivity index (χ3v) is 6.37. The van der Waals surface area contributed by atoms with Crippen LogP contribution in [0.25, 0.3) is 23.0 Å². The van der Waals surface area contributed by atoms with E-state index in [4.69, 9.17) is 0 Å². The van der Waals surface area contributed by atoms with Gasteiger partial charge in [-0.3, -0.25) is 14.9 Å². The highest BCUT2D eigenvalue weighted by atomic mass is 32.2. The smallest absolute Gasteiger partial charge is 0.290 e. The molecule has 2 fully saturated rings. The number of rotatable bonds is 3. The maximum absolute atomic E-state index is 11.8. The van der Waals surface area contributed by atoms with Crippen molar-refractivity contribution in [3.63, 3.8) is 0 Å². The van der Waals surface area contributed by atoms with Gasteiger partial charge >= 0.3 is 0 Å². The number of carbonyl (C=O) groups is 2. The normalized spacial score (nSPS) is 18.4. The Labute approximate surface area is 188 Å². The molecule has 2 aliphatic rings. The van der Waals surface area contributed by atoms with Gasteiger partial charge in [0.15, 0.2) is 5.65 Å². The summed E-state index contributed by atoms with van der Waals surface area (Å²) in [5.74, 6) is -0.425. The van der Waals surface area contributed by atoms with Crippen molar-refractivity contribution < 1.29 is 9.59 Å². The van der Waals surface area contributed by atoms with Gasteiger partial charge in [-0.15, -0.1) is 0 Å². The number of imide groups is 1. The number of thioether (sulfide) groups is 1. The summed E-state index contributed by atoms with van der Waals surface area (Å²) in [5.41, 5.74) is 4.28. The Morgan fingerprint density at radius 1 is 1.16 bits per heavy atom. The van der Waals surface area contributed by atoms with Crippen LogP contribution >= 0.6 is 11.8 Å². The Morgan fingerprint density at radius 2 is 1.97 bits per heavy atom. The van der Waals surface area contributed by atoms with E-state index >= 15 is 0 Å². The molecule has 4 heterocycles. The number of nitrogens with one attached hydrogen (secondary N) is 1. The fraction of sp³-hybridized carbons (Fsp3) is 0.227. The molecule has 1 aromatic carbocycles. The number of fused-ring (bicyclic) bond motifs is 1. The predicted octanol–water partition coefficient (Wildman–Crippen LogP) is 2.34. The quantitative estimate of drug-likeness (QED) is 0.613. The number of amides is 2. The molecular weight excluding hydrogens is 426 g/mol. The van der Waals surface area contributed by atoms with Crippen molar-refractivity contribution >= 4 is 40.3 Å². The third kappa shape index (κ3) is 3.72. The molecule has 160 valence electrons. The van der Waals surface area contributed by atoms with Crippen LogP contribution < -0.4 is 10.2 Å². The van der Waals surface area contributed by atoms with Crippen LogP contribution in [0.5, 0.6) is 0 Å². The zero-order chi connectivity index (χ0) is 22.2. The molecule has 0 unspecified atom stereocenters. The molecule has 32 heavy (non-hydrogen) atoms. The van der Waals surface area contributed by atoms with Gasteiger partial charge in [0.25, 0.3) is 11.1 Å². The monoisotopic (exact) mass is 445 g/mol. The first kappa shape index (κ1) is 20.2. The van der Waals surface area contributed by atoms with Crippen LogP contribution in [0.3, 0.4) is 0 Å². The minimum Gasteiger partial charge on any atom is -0.368 e. The summed E-state index contributed by atoms with van der Waals surface area (Å²) in [6.45, 7) is 3.69. The van der Waals surface area contributed by atoms with Gasteiger partial charge in [0.1, 0.15) is 6.07 Å². The lowest BCUT2D eigenvalue weighted by Crippen LogP contribution is -2.44. The van der Waals surface area contributed by atoms with Gasteiger partial charge in [-0.05, 0) is 49.2 Å². The molecule has 0 aliphatic carbocycles. The number of aromatic nitrogens is 3. The van der Waals surface area contributed by atoms with Gasteiger partial charge in [0.2, 0.25) is 0 Å². The molecule has 9 nitrogen and oxygen atoms in total. The van der Waals surface area contributed by atoms with Crippen molar-refractivity contribution in [3.8, 4) is 17.3 Å². The first-order valence-corrected chi connectivity index (χ1v) is 10.9. The van der Waals surface area contributed by atoms with Crippen molar-refractivity contribution in [1.29, 1.82) is 5.26 Å². The molecule has 2 amide bonds. The van der Waals surface area contributed by atoms with Crippen molar-refractivity contribution in [2.45, 2.75) is 0 Å². The molecule has 2 aromatic heterocycles. The number of imidazole rings is 1. The van der Waals surface area contributed by atoms with E-state index in [-0.39, 0.29) is 0 Å². The highest BCUT2D eigenvalue weighted by molar-refractivity contribution is 8.18. The Balaban J connectivity index is 1.51. The highest BCUT2D eigenvalue weighted by Gasteiger charge is 2.25. The minimum atomic E-state index is -0.425. The fourth-order valence-corrected chi connectivity index (χ4v) is 4.49. The zero-order valence-electron chi connectivity index (χ0n) is 17.3. The lowest BCUT2D eigenvalue weighted by atomic mass is 10.1. The molecule has 0 radical (unpaired) electrons. The van der Waals surface area contributed by atoms with Crippen molar-refractivity contribution in [1.82, 2.24) is 24.8 Å². The van der Waals surface area contributed by atoms with E-state index in [0.717, 1.165) is 54.9 Å². The Bertz CT molecular complexity index is 1320. The number of nitriles is 1. The number of hydrogen-bond acceptors (Lipinski definition) is 8. The van der Waals surface area contributed by atoms with E-state index in [1.54, 1.807) is 28.9 Å². The Kier molecular flexibility index (Phi) is 5.13. The van der Waals surface area contributed by atoms with Crippen LogP contribution in [0.1, 0.15) is 11.3 Å². The lowest BCUT2D eigenvalue weighted by Gasteiger charge is -2.34. The maximum atomic E-state index is 11.8. The molecule has 3 aromatic rings. The standard InChI is InChI=1S/C22H19N7O2S/c1-27-6-8-28(9-7-27)17-4-2-14(10-15(17)12-23)18-13-24-20-5-3-16(26-29(18)20)11-19-21(30)25-22(31)32-19/h2-5,10-11,13H,6-9H2,1H3,(H,25,30,31)/b19-11-. The summed E-state index contributed by atoms with van der Waals surface area (Å²) in [6, 6.07) is 11.7. The largest absolute Gasteiger partial charge is 0.368 e. The van der Waals surface area contributed by atoms with Crippen LogP contribution in [0.2, 0.25) is 0 Å². The van der Waals surface area contributed by atoms with Gasteiger partial charge in [0, 0.05) is 31.7 Å². The van der Waals surface area contributed by atoms with Crippen LogP contribution in [0.4, 0.5) is 10.5 Å². The van der Waals surface area contributed by atoms with E-state index in [0.29, 0.717) is 21.8 Å². The first-order valence-electron chi connectivity index (χ1n) is 10.1. The average Bonchev–Trinajstić information content (AvgIpc) is 3.36. The predicted molar refractivity (Wildman–Crippen MR) is 122 cm³/mol. The average molecular weight is 446 g/mol. The first-order chi connectivity index (χ1) is 15.5. The summed E-state index contributed by atoms with van der Waals surface area (Å²) in [4.78, 5) is 32.5. The van der Waals surface area contributed by atoms with Crippen LogP contribution in [0, 0.1) is 11.3 Å². The third-order valence-electron chi connectivity index (χ3n) is 5.56. The summed E-state index contributed by atoms with van der Waals surface area (Å²) in [5, 5.41) is 16.2. The minimum absolute atomic E-state index is 0.298. The van der Waals surface area contributed by atoms with Gasteiger partial charge in [-0.25, -0.2) is 9.50 Å². The highest BCUT2D eigenvalue weighted by Crippen LogP contribution is 2.29. The SMILES string of the molecule is CN1CCN(c2ccc(-c3cnc4ccc(/C=C5\SC(=O)NC5=O)nn34)cc2C#N)CC1. The number of hydrogen-bond donors (Lipinski definition) is 1. The van der Waals surface area contributed by atoms with Crippen LogP contribution in [-0.2, 0) is 4.79 Å². The van der Waals surface area contributed by atoms with Crippen molar-refractivity contribution in [3.05, 3.63) is 52.7 Å².